The molecular formula is C21H30N4O. The largest absolute Gasteiger partial charge is 0.345 e. The van der Waals surface area contributed by atoms with E-state index in [-0.39, 0.29) is 6.03 Å². The van der Waals surface area contributed by atoms with E-state index in [0.717, 1.165) is 25.3 Å². The number of amides is 2. The lowest BCUT2D eigenvalue weighted by molar-refractivity contribution is 0.0199. The van der Waals surface area contributed by atoms with E-state index in [1.807, 2.05) is 11.0 Å². The van der Waals surface area contributed by atoms with Crippen molar-refractivity contribution in [3.63, 3.8) is 0 Å². The Bertz CT molecular complexity index is 806. The SMILES string of the molecule is CCn1c(C)cc2cc(NC(=O)N3CC(N4CCCC[C@@H]4C)C3)ccc21. The van der Waals surface area contributed by atoms with Crippen LogP contribution in [-0.2, 0) is 6.54 Å². The third-order valence-electron chi connectivity index (χ3n) is 6.15. The van der Waals surface area contributed by atoms with Gasteiger partial charge >= 0.3 is 6.03 Å². The number of hydrogen-bond donors (Lipinski definition) is 1. The van der Waals surface area contributed by atoms with Gasteiger partial charge in [0.1, 0.15) is 0 Å². The zero-order valence-corrected chi connectivity index (χ0v) is 16.2. The Morgan fingerprint density at radius 3 is 2.77 bits per heavy atom. The highest BCUT2D eigenvalue weighted by Gasteiger charge is 2.37. The van der Waals surface area contributed by atoms with E-state index in [1.165, 1.54) is 42.4 Å². The number of carbonyl (C=O) groups excluding carboxylic acids is 1. The molecule has 3 heterocycles. The highest BCUT2D eigenvalue weighted by molar-refractivity contribution is 5.93. The zero-order chi connectivity index (χ0) is 18.3. The van der Waals surface area contributed by atoms with E-state index in [4.69, 9.17) is 0 Å². The van der Waals surface area contributed by atoms with Crippen molar-refractivity contribution in [1.29, 1.82) is 0 Å². The second-order valence-electron chi connectivity index (χ2n) is 7.88. The standard InChI is InChI=1S/C21H30N4O/c1-4-24-16(3)11-17-12-18(8-9-20(17)24)22-21(26)23-13-19(14-23)25-10-6-5-7-15(25)2/h8-9,11-12,15,19H,4-7,10,13-14H2,1-3H3,(H,22,26)/t15-/m0/s1. The van der Waals surface area contributed by atoms with Crippen molar-refractivity contribution in [2.45, 2.75) is 58.7 Å². The van der Waals surface area contributed by atoms with Crippen LogP contribution >= 0.6 is 0 Å². The topological polar surface area (TPSA) is 40.5 Å². The predicted octanol–water partition coefficient (Wildman–Crippen LogP) is 4.06. The number of aromatic nitrogens is 1. The molecule has 0 unspecified atom stereocenters. The first kappa shape index (κ1) is 17.4. The second-order valence-corrected chi connectivity index (χ2v) is 7.88. The number of benzene rings is 1. The van der Waals surface area contributed by atoms with Gasteiger partial charge in [0.15, 0.2) is 0 Å². The summed E-state index contributed by atoms with van der Waals surface area (Å²) < 4.78 is 2.29. The van der Waals surface area contributed by atoms with Gasteiger partial charge in [-0.05, 0) is 64.4 Å². The molecule has 2 fully saturated rings. The second kappa shape index (κ2) is 6.95. The molecule has 0 saturated carbocycles. The summed E-state index contributed by atoms with van der Waals surface area (Å²) in [7, 11) is 0. The first-order valence-corrected chi connectivity index (χ1v) is 9.98. The number of urea groups is 1. The van der Waals surface area contributed by atoms with Crippen molar-refractivity contribution in [3.8, 4) is 0 Å². The minimum Gasteiger partial charge on any atom is -0.345 e. The Balaban J connectivity index is 1.37. The zero-order valence-electron chi connectivity index (χ0n) is 16.2. The Morgan fingerprint density at radius 2 is 2.04 bits per heavy atom. The van der Waals surface area contributed by atoms with Crippen LogP contribution in [0.5, 0.6) is 0 Å². The molecule has 0 radical (unpaired) electrons. The van der Waals surface area contributed by atoms with Crippen LogP contribution in [0.25, 0.3) is 10.9 Å². The van der Waals surface area contributed by atoms with Gasteiger partial charge in [-0.25, -0.2) is 4.79 Å². The maximum Gasteiger partial charge on any atom is 0.321 e. The Morgan fingerprint density at radius 1 is 1.23 bits per heavy atom. The van der Waals surface area contributed by atoms with E-state index >= 15 is 0 Å². The van der Waals surface area contributed by atoms with Gasteiger partial charge in [0.05, 0.1) is 0 Å². The molecule has 2 aliphatic heterocycles. The van der Waals surface area contributed by atoms with Gasteiger partial charge in [-0.3, -0.25) is 4.90 Å². The number of rotatable bonds is 3. The monoisotopic (exact) mass is 354 g/mol. The molecule has 1 aromatic carbocycles. The molecular weight excluding hydrogens is 324 g/mol. The summed E-state index contributed by atoms with van der Waals surface area (Å²) >= 11 is 0. The molecule has 26 heavy (non-hydrogen) atoms. The molecule has 1 aromatic heterocycles. The molecule has 140 valence electrons. The first-order valence-electron chi connectivity index (χ1n) is 9.98. The molecule has 5 nitrogen and oxygen atoms in total. The van der Waals surface area contributed by atoms with Crippen LogP contribution in [0.2, 0.25) is 0 Å². The fourth-order valence-electron chi connectivity index (χ4n) is 4.60. The molecule has 1 N–H and O–H groups in total. The van der Waals surface area contributed by atoms with Gasteiger partial charge in [0, 0.05) is 54.0 Å². The van der Waals surface area contributed by atoms with Gasteiger partial charge in [0.25, 0.3) is 0 Å². The van der Waals surface area contributed by atoms with Crippen LogP contribution in [-0.4, -0.2) is 52.1 Å². The molecule has 1 atom stereocenters. The van der Waals surface area contributed by atoms with Crippen LogP contribution in [0.15, 0.2) is 24.3 Å². The van der Waals surface area contributed by atoms with E-state index in [1.54, 1.807) is 0 Å². The number of nitrogens with one attached hydrogen (secondary N) is 1. The normalized spacial score (nSPS) is 21.8. The number of likely N-dealkylation sites (tertiary alicyclic amines) is 2. The lowest BCUT2D eigenvalue weighted by Gasteiger charge is -2.49. The van der Waals surface area contributed by atoms with Crippen molar-refractivity contribution in [1.82, 2.24) is 14.4 Å². The highest BCUT2D eigenvalue weighted by atomic mass is 16.2. The molecule has 0 aliphatic carbocycles. The summed E-state index contributed by atoms with van der Waals surface area (Å²) in [5.74, 6) is 0. The lowest BCUT2D eigenvalue weighted by atomic mass is 9.98. The van der Waals surface area contributed by atoms with Gasteiger partial charge < -0.3 is 14.8 Å². The first-order chi connectivity index (χ1) is 12.6. The fraction of sp³-hybridized carbons (Fsp3) is 0.571. The van der Waals surface area contributed by atoms with Crippen molar-refractivity contribution in [3.05, 3.63) is 30.0 Å². The van der Waals surface area contributed by atoms with Crippen LogP contribution in [0.4, 0.5) is 10.5 Å². The van der Waals surface area contributed by atoms with Gasteiger partial charge in [-0.1, -0.05) is 6.42 Å². The molecule has 0 bridgehead atoms. The summed E-state index contributed by atoms with van der Waals surface area (Å²) in [6, 6.07) is 9.61. The fourth-order valence-corrected chi connectivity index (χ4v) is 4.60. The Labute approximate surface area is 155 Å². The summed E-state index contributed by atoms with van der Waals surface area (Å²) in [6.07, 6.45) is 3.93. The van der Waals surface area contributed by atoms with Gasteiger partial charge in [-0.2, -0.15) is 0 Å². The summed E-state index contributed by atoms with van der Waals surface area (Å²) in [5, 5.41) is 4.26. The molecule has 2 aromatic rings. The summed E-state index contributed by atoms with van der Waals surface area (Å²) in [4.78, 5) is 17.1. The molecule has 2 saturated heterocycles. The number of anilines is 1. The summed E-state index contributed by atoms with van der Waals surface area (Å²) in [5.41, 5.74) is 3.36. The average molecular weight is 354 g/mol. The molecule has 2 amide bonds. The van der Waals surface area contributed by atoms with E-state index < -0.39 is 0 Å². The number of carbonyl (C=O) groups is 1. The number of hydrogen-bond acceptors (Lipinski definition) is 2. The minimum atomic E-state index is 0.0249. The maximum atomic E-state index is 12.6. The number of fused-ring (bicyclic) bond motifs is 1. The highest BCUT2D eigenvalue weighted by Crippen LogP contribution is 2.26. The number of aryl methyl sites for hydroxylation is 2. The van der Waals surface area contributed by atoms with Gasteiger partial charge in [0.2, 0.25) is 0 Å². The van der Waals surface area contributed by atoms with Crippen molar-refractivity contribution < 1.29 is 4.79 Å². The predicted molar refractivity (Wildman–Crippen MR) is 107 cm³/mol. The number of piperidine rings is 1. The summed E-state index contributed by atoms with van der Waals surface area (Å²) in [6.45, 7) is 10.5. The third kappa shape index (κ3) is 3.09. The van der Waals surface area contributed by atoms with E-state index in [0.29, 0.717) is 12.1 Å². The lowest BCUT2D eigenvalue weighted by Crippen LogP contribution is -2.64. The molecule has 5 heteroatoms. The molecule has 4 rings (SSSR count). The van der Waals surface area contributed by atoms with Gasteiger partial charge in [-0.15, -0.1) is 0 Å². The van der Waals surface area contributed by atoms with Crippen LogP contribution < -0.4 is 5.32 Å². The van der Waals surface area contributed by atoms with Crippen LogP contribution in [0.3, 0.4) is 0 Å². The van der Waals surface area contributed by atoms with E-state index in [2.05, 4.69) is 53.8 Å². The van der Waals surface area contributed by atoms with Crippen molar-refractivity contribution in [2.24, 2.45) is 0 Å². The minimum absolute atomic E-state index is 0.0249. The average Bonchev–Trinajstić information content (AvgIpc) is 2.89. The number of nitrogens with zero attached hydrogens (tertiary/aromatic N) is 3. The van der Waals surface area contributed by atoms with Crippen LogP contribution in [0, 0.1) is 6.92 Å². The molecule has 2 aliphatic rings. The maximum absolute atomic E-state index is 12.6. The third-order valence-corrected chi connectivity index (χ3v) is 6.15. The quantitative estimate of drug-likeness (QED) is 0.903. The smallest absolute Gasteiger partial charge is 0.321 e. The van der Waals surface area contributed by atoms with Crippen molar-refractivity contribution >= 4 is 22.6 Å². The van der Waals surface area contributed by atoms with Crippen LogP contribution in [0.1, 0.15) is 38.8 Å². The Hall–Kier alpha value is -2.01. The van der Waals surface area contributed by atoms with Crippen molar-refractivity contribution in [2.75, 3.05) is 25.0 Å². The van der Waals surface area contributed by atoms with E-state index in [9.17, 15) is 4.79 Å². The Kier molecular flexibility index (Phi) is 4.65. The molecule has 0 spiro atoms.